The zero-order valence-electron chi connectivity index (χ0n) is 25.9. The Morgan fingerprint density at radius 2 is 1.61 bits per heavy atom. The fourth-order valence-electron chi connectivity index (χ4n) is 3.56. The molecule has 0 unspecified atom stereocenters. The van der Waals surface area contributed by atoms with Gasteiger partial charge in [-0.3, -0.25) is 9.36 Å². The third-order valence-electron chi connectivity index (χ3n) is 5.62. The second-order valence-corrected chi connectivity index (χ2v) is 12.1. The lowest BCUT2D eigenvalue weighted by Crippen LogP contribution is -2.48. The Hall–Kier alpha value is -4.86. The summed E-state index contributed by atoms with van der Waals surface area (Å²) < 4.78 is 32.4. The summed E-state index contributed by atoms with van der Waals surface area (Å²) in [7, 11) is -3.76. The largest absolute Gasteiger partial charge is 0.478 e. The average Bonchev–Trinajstić information content (AvgIpc) is 3.39. The van der Waals surface area contributed by atoms with Crippen LogP contribution in [-0.2, 0) is 39.8 Å². The van der Waals surface area contributed by atoms with E-state index in [1.807, 2.05) is 0 Å². The molecule has 6 N–H and O–H groups in total. The van der Waals surface area contributed by atoms with E-state index in [0.717, 1.165) is 0 Å². The minimum Gasteiger partial charge on any atom is -0.478 e. The van der Waals surface area contributed by atoms with E-state index < -0.39 is 49.5 Å². The molecule has 4 atom stereocenters. The third-order valence-corrected chi connectivity index (χ3v) is 7.40. The van der Waals surface area contributed by atoms with Gasteiger partial charge in [0, 0.05) is 12.2 Å². The van der Waals surface area contributed by atoms with E-state index in [9.17, 15) is 23.7 Å². The predicted molar refractivity (Wildman–Crippen MR) is 166 cm³/mol. The number of nitrogens with one attached hydrogen (secondary N) is 2. The molecule has 1 amide bonds. The molecule has 17 nitrogen and oxygen atoms in total. The Labute approximate surface area is 264 Å². The van der Waals surface area contributed by atoms with Crippen LogP contribution in [0.2, 0.25) is 0 Å². The van der Waals surface area contributed by atoms with Crippen LogP contribution in [0.5, 0.6) is 5.75 Å². The van der Waals surface area contributed by atoms with Crippen molar-refractivity contribution in [2.75, 3.05) is 12.1 Å². The second kappa shape index (κ2) is 17.6. The number of carbonyl (C=O) groups excluding carboxylic acids is 2. The monoisotopic (exact) mass is 663 g/mol. The van der Waals surface area contributed by atoms with E-state index in [-0.39, 0.29) is 18.3 Å². The number of aliphatic carboxylic acids is 2. The van der Waals surface area contributed by atoms with Gasteiger partial charge in [0.05, 0.1) is 31.1 Å². The van der Waals surface area contributed by atoms with Crippen LogP contribution in [0, 0.1) is 0 Å². The van der Waals surface area contributed by atoms with Crippen LogP contribution in [0.25, 0.3) is 11.2 Å². The van der Waals surface area contributed by atoms with Crippen molar-refractivity contribution in [2.24, 2.45) is 0 Å². The van der Waals surface area contributed by atoms with E-state index in [4.69, 9.17) is 29.9 Å². The fourth-order valence-corrected chi connectivity index (χ4v) is 5.36. The lowest BCUT2D eigenvalue weighted by molar-refractivity contribution is -0.151. The molecule has 0 saturated carbocycles. The molecule has 0 aliphatic rings. The number of esters is 1. The van der Waals surface area contributed by atoms with Crippen LogP contribution in [0.15, 0.2) is 55.1 Å². The summed E-state index contributed by atoms with van der Waals surface area (Å²) in [6, 6.07) is 6.70. The lowest BCUT2D eigenvalue weighted by atomic mass is 10.3. The Balaban J connectivity index is 0.000000812. The molecule has 0 saturated heterocycles. The van der Waals surface area contributed by atoms with Gasteiger partial charge in [-0.25, -0.2) is 34.4 Å². The Bertz CT molecular complexity index is 1550. The van der Waals surface area contributed by atoms with Gasteiger partial charge in [-0.15, -0.1) is 0 Å². The molecule has 3 rings (SSSR count). The summed E-state index contributed by atoms with van der Waals surface area (Å²) in [5.74, 6) is -3.02. The molecule has 0 radical (unpaired) electrons. The molecule has 0 aliphatic heterocycles. The number of benzene rings is 1. The summed E-state index contributed by atoms with van der Waals surface area (Å²) in [6.07, 6.45) is 2.95. The molecule has 18 heteroatoms. The van der Waals surface area contributed by atoms with Crippen molar-refractivity contribution >= 4 is 48.3 Å². The standard InChI is InChI=1S/C24H34N7O6P.C4H4O4/c1-15(2)36-24(33)18(5)29-23(32)17(4)30-38(34,37-19-9-7-6-8-10-19)14-35-16(3)11-31-13-28-20-21(25)26-12-27-22(20)31;5-3(6)1-2-4(7)8/h6-10,12-13,15-18H,11,14H2,1-5H3,(H,29,32)(H,30,34)(H2,25,26,27);1-2H,(H,5,6)(H,7,8)/b;2-1+/t16-,17+,18+,38+;/m1./s1. The topological polar surface area (TPSA) is 247 Å². The Kier molecular flexibility index (Phi) is 14.3. The van der Waals surface area contributed by atoms with Crippen molar-refractivity contribution < 1.29 is 48.0 Å². The van der Waals surface area contributed by atoms with E-state index in [1.165, 1.54) is 20.2 Å². The quantitative estimate of drug-likeness (QED) is 0.0888. The average molecular weight is 664 g/mol. The van der Waals surface area contributed by atoms with Crippen molar-refractivity contribution in [3.05, 3.63) is 55.1 Å². The van der Waals surface area contributed by atoms with Crippen molar-refractivity contribution in [3.63, 3.8) is 0 Å². The van der Waals surface area contributed by atoms with Crippen LogP contribution >= 0.6 is 7.52 Å². The number of imidazole rings is 1. The summed E-state index contributed by atoms with van der Waals surface area (Å²) in [6.45, 7) is 8.59. The molecule has 46 heavy (non-hydrogen) atoms. The number of rotatable bonds is 15. The maximum atomic E-state index is 13.8. The second-order valence-electron chi connectivity index (χ2n) is 10.1. The minimum absolute atomic E-state index is 0.270. The molecular formula is C28H38N7O10P. The summed E-state index contributed by atoms with van der Waals surface area (Å²) in [4.78, 5) is 56.3. The molecule has 0 aliphatic carbocycles. The molecule has 0 bridgehead atoms. The molecule has 1 aromatic carbocycles. The third kappa shape index (κ3) is 12.6. The first-order valence-electron chi connectivity index (χ1n) is 13.9. The molecular weight excluding hydrogens is 625 g/mol. The van der Waals surface area contributed by atoms with E-state index in [1.54, 1.807) is 62.0 Å². The number of para-hydroxylation sites is 1. The van der Waals surface area contributed by atoms with Crippen LogP contribution in [-0.4, -0.2) is 84.2 Å². The van der Waals surface area contributed by atoms with Gasteiger partial charge in [-0.2, -0.15) is 0 Å². The normalized spacial score (nSPS) is 14.4. The SMILES string of the molecule is CC(C)OC(=O)[C@H](C)NC(=O)[C@H](C)N[P@](=O)(CO[C@H](C)Cn1cnc2c(N)ncnc21)Oc1ccccc1.O=C(O)/C=C/C(=O)O. The number of aromatic nitrogens is 4. The molecule has 2 heterocycles. The van der Waals surface area contributed by atoms with Gasteiger partial charge in [-0.1, -0.05) is 18.2 Å². The number of fused-ring (bicyclic) bond motifs is 1. The van der Waals surface area contributed by atoms with Crippen molar-refractivity contribution in [2.45, 2.75) is 65.5 Å². The fraction of sp³-hybridized carbons (Fsp3) is 0.393. The summed E-state index contributed by atoms with van der Waals surface area (Å²) in [5, 5.41) is 21.0. The van der Waals surface area contributed by atoms with Crippen molar-refractivity contribution in [1.29, 1.82) is 0 Å². The maximum Gasteiger partial charge on any atom is 0.342 e. The first-order chi connectivity index (χ1) is 21.6. The number of hydrogen-bond acceptors (Lipinski definition) is 12. The van der Waals surface area contributed by atoms with Crippen LogP contribution in [0.3, 0.4) is 0 Å². The smallest absolute Gasteiger partial charge is 0.342 e. The van der Waals surface area contributed by atoms with Crippen molar-refractivity contribution in [3.8, 4) is 5.75 Å². The first-order valence-corrected chi connectivity index (χ1v) is 15.7. The van der Waals surface area contributed by atoms with Gasteiger partial charge >= 0.3 is 25.4 Å². The van der Waals surface area contributed by atoms with Gasteiger partial charge in [0.1, 0.15) is 30.0 Å². The Morgan fingerprint density at radius 1 is 0.978 bits per heavy atom. The maximum absolute atomic E-state index is 13.8. The van der Waals surface area contributed by atoms with Gasteiger partial charge in [-0.05, 0) is 46.8 Å². The highest BCUT2D eigenvalue weighted by atomic mass is 31.2. The molecule has 2 aromatic heterocycles. The number of nitrogens with two attached hydrogens (primary N) is 1. The van der Waals surface area contributed by atoms with E-state index >= 15 is 0 Å². The lowest BCUT2D eigenvalue weighted by Gasteiger charge is -2.26. The number of carboxylic acid groups (broad SMARTS) is 2. The van der Waals surface area contributed by atoms with Gasteiger partial charge < -0.3 is 39.8 Å². The van der Waals surface area contributed by atoms with Crippen LogP contribution < -0.4 is 20.7 Å². The molecule has 3 aromatic rings. The van der Waals surface area contributed by atoms with Gasteiger partial charge in [0.25, 0.3) is 0 Å². The Morgan fingerprint density at radius 3 is 2.20 bits per heavy atom. The molecule has 0 fully saturated rings. The van der Waals surface area contributed by atoms with Gasteiger partial charge in [0.2, 0.25) is 5.91 Å². The number of hydrogen-bond donors (Lipinski definition) is 5. The van der Waals surface area contributed by atoms with E-state index in [0.29, 0.717) is 35.6 Å². The number of ether oxygens (including phenoxy) is 2. The molecule has 0 spiro atoms. The highest BCUT2D eigenvalue weighted by Gasteiger charge is 2.32. The van der Waals surface area contributed by atoms with E-state index in [2.05, 4.69) is 25.4 Å². The highest BCUT2D eigenvalue weighted by Crippen LogP contribution is 2.44. The van der Waals surface area contributed by atoms with Crippen LogP contribution in [0.4, 0.5) is 5.82 Å². The van der Waals surface area contributed by atoms with Crippen molar-refractivity contribution in [1.82, 2.24) is 29.9 Å². The van der Waals surface area contributed by atoms with Crippen LogP contribution in [0.1, 0.15) is 34.6 Å². The number of anilines is 1. The number of nitrogens with zero attached hydrogens (tertiary/aromatic N) is 4. The predicted octanol–water partition coefficient (Wildman–Crippen LogP) is 2.19. The number of carbonyl (C=O) groups is 4. The summed E-state index contributed by atoms with van der Waals surface area (Å²) >= 11 is 0. The minimum atomic E-state index is -3.76. The number of amides is 1. The number of nitrogen functional groups attached to an aromatic ring is 1. The highest BCUT2D eigenvalue weighted by molar-refractivity contribution is 7.57. The first kappa shape index (κ1) is 37.3. The molecule has 250 valence electrons. The zero-order valence-corrected chi connectivity index (χ0v) is 26.8. The number of carboxylic acids is 2. The summed E-state index contributed by atoms with van der Waals surface area (Å²) in [5.41, 5.74) is 6.87. The zero-order chi connectivity index (χ0) is 34.4. The van der Waals surface area contributed by atoms with Gasteiger partial charge in [0.15, 0.2) is 11.5 Å².